The molecule has 114 valence electrons. The van der Waals surface area contributed by atoms with Gasteiger partial charge in [0.15, 0.2) is 0 Å². The van der Waals surface area contributed by atoms with Crippen LogP contribution in [-0.4, -0.2) is 34.0 Å². The monoisotopic (exact) mass is 300 g/mol. The van der Waals surface area contributed by atoms with Crippen LogP contribution in [0.3, 0.4) is 0 Å². The molecule has 0 saturated heterocycles. The summed E-state index contributed by atoms with van der Waals surface area (Å²) in [5.74, 6) is 0. The molecule has 6 nitrogen and oxygen atoms in total. The van der Waals surface area contributed by atoms with Gasteiger partial charge in [0.1, 0.15) is 12.1 Å². The summed E-state index contributed by atoms with van der Waals surface area (Å²) in [6.45, 7) is -0.332. The average Bonchev–Trinajstić information content (AvgIpc) is 2.56. The molecule has 0 aliphatic carbocycles. The fourth-order valence-electron chi connectivity index (χ4n) is 1.96. The van der Waals surface area contributed by atoms with E-state index in [9.17, 15) is 20.3 Å². The van der Waals surface area contributed by atoms with Gasteiger partial charge in [0.2, 0.25) is 0 Å². The van der Waals surface area contributed by atoms with Gasteiger partial charge in [0.25, 0.3) is 5.69 Å². The fraction of sp³-hybridized carbons (Fsp3) is 0.188. The third-order valence-electron chi connectivity index (χ3n) is 3.21. The van der Waals surface area contributed by atoms with Gasteiger partial charge in [-0.2, -0.15) is 0 Å². The summed E-state index contributed by atoms with van der Waals surface area (Å²) in [7, 11) is 0. The second kappa shape index (κ2) is 7.44. The summed E-state index contributed by atoms with van der Waals surface area (Å²) in [4.78, 5) is 14.3. The number of rotatable bonds is 6. The highest BCUT2D eigenvalue weighted by molar-refractivity contribution is 5.79. The zero-order chi connectivity index (χ0) is 15.9. The smallest absolute Gasteiger partial charge is 0.269 e. The van der Waals surface area contributed by atoms with Gasteiger partial charge in [-0.1, -0.05) is 30.3 Å². The number of hydrogen-bond donors (Lipinski definition) is 2. The second-order valence-electron chi connectivity index (χ2n) is 4.73. The number of hydrogen-bond acceptors (Lipinski definition) is 5. The van der Waals surface area contributed by atoms with Crippen LogP contribution >= 0.6 is 0 Å². The Morgan fingerprint density at radius 2 is 1.77 bits per heavy atom. The zero-order valence-corrected chi connectivity index (χ0v) is 11.7. The number of benzene rings is 2. The van der Waals surface area contributed by atoms with E-state index in [0.29, 0.717) is 5.56 Å². The molecule has 0 unspecified atom stereocenters. The maximum absolute atomic E-state index is 10.6. The van der Waals surface area contributed by atoms with Crippen molar-refractivity contribution in [2.24, 2.45) is 4.99 Å². The van der Waals surface area contributed by atoms with Gasteiger partial charge < -0.3 is 10.2 Å². The predicted octanol–water partition coefficient (Wildman–Crippen LogP) is 2.11. The Bertz CT molecular complexity index is 641. The highest BCUT2D eigenvalue weighted by Gasteiger charge is 2.19. The number of aliphatic hydroxyl groups is 2. The van der Waals surface area contributed by atoms with Gasteiger partial charge in [0.05, 0.1) is 11.5 Å². The molecule has 0 amide bonds. The van der Waals surface area contributed by atoms with Gasteiger partial charge in [0, 0.05) is 18.3 Å². The van der Waals surface area contributed by atoms with Crippen LogP contribution in [0.4, 0.5) is 5.69 Å². The van der Waals surface area contributed by atoms with Crippen LogP contribution in [0.1, 0.15) is 17.2 Å². The second-order valence-corrected chi connectivity index (χ2v) is 4.73. The number of non-ortho nitro benzene ring substituents is 1. The summed E-state index contributed by atoms with van der Waals surface area (Å²) < 4.78 is 0. The van der Waals surface area contributed by atoms with Crippen molar-refractivity contribution in [2.45, 2.75) is 12.1 Å². The fourth-order valence-corrected chi connectivity index (χ4v) is 1.96. The largest absolute Gasteiger partial charge is 0.394 e. The summed E-state index contributed by atoms with van der Waals surface area (Å²) in [5, 5.41) is 30.3. The van der Waals surface area contributed by atoms with E-state index in [-0.39, 0.29) is 12.3 Å². The molecule has 0 heterocycles. The van der Waals surface area contributed by atoms with Crippen molar-refractivity contribution in [3.63, 3.8) is 0 Å². The SMILES string of the molecule is O=[N+]([O-])c1ccc([C@@H](O)[C@H](CO)N=Cc2ccccc2)cc1. The molecule has 0 aliphatic heterocycles. The molecule has 0 aliphatic rings. The van der Waals surface area contributed by atoms with E-state index in [0.717, 1.165) is 5.56 Å². The number of nitrogens with zero attached hydrogens (tertiary/aromatic N) is 2. The number of aliphatic hydroxyl groups excluding tert-OH is 2. The first-order valence-electron chi connectivity index (χ1n) is 6.73. The number of nitro benzene ring substituents is 1. The molecule has 0 aromatic heterocycles. The van der Waals surface area contributed by atoms with Crippen molar-refractivity contribution >= 4 is 11.9 Å². The van der Waals surface area contributed by atoms with Crippen molar-refractivity contribution in [1.82, 2.24) is 0 Å². The van der Waals surface area contributed by atoms with E-state index in [1.165, 1.54) is 24.3 Å². The molecule has 0 radical (unpaired) electrons. The molecule has 0 bridgehead atoms. The van der Waals surface area contributed by atoms with Crippen molar-refractivity contribution in [3.8, 4) is 0 Å². The van der Waals surface area contributed by atoms with E-state index in [1.807, 2.05) is 30.3 Å². The topological polar surface area (TPSA) is 96.0 Å². The molecule has 2 aromatic rings. The molecule has 22 heavy (non-hydrogen) atoms. The highest BCUT2D eigenvalue weighted by atomic mass is 16.6. The van der Waals surface area contributed by atoms with Gasteiger partial charge >= 0.3 is 0 Å². The summed E-state index contributed by atoms with van der Waals surface area (Å²) in [6, 6.07) is 14.1. The van der Waals surface area contributed by atoms with E-state index in [2.05, 4.69) is 4.99 Å². The van der Waals surface area contributed by atoms with Crippen LogP contribution in [0.25, 0.3) is 0 Å². The normalized spacial score (nSPS) is 13.9. The third-order valence-corrected chi connectivity index (χ3v) is 3.21. The maximum Gasteiger partial charge on any atom is 0.269 e. The molecule has 2 atom stereocenters. The van der Waals surface area contributed by atoms with Gasteiger partial charge in [-0.25, -0.2) is 0 Å². The first kappa shape index (κ1) is 15.8. The summed E-state index contributed by atoms with van der Waals surface area (Å²) in [6.07, 6.45) is 0.543. The molecular formula is C16H16N2O4. The molecule has 6 heteroatoms. The van der Waals surface area contributed by atoms with E-state index in [1.54, 1.807) is 6.21 Å². The van der Waals surface area contributed by atoms with Crippen LogP contribution in [0, 0.1) is 10.1 Å². The Kier molecular flexibility index (Phi) is 5.35. The Labute approximate surface area is 127 Å². The predicted molar refractivity (Wildman–Crippen MR) is 83.0 cm³/mol. The third kappa shape index (κ3) is 3.97. The van der Waals surface area contributed by atoms with Crippen LogP contribution in [0.2, 0.25) is 0 Å². The number of nitro groups is 1. The lowest BCUT2D eigenvalue weighted by Crippen LogP contribution is -2.21. The minimum absolute atomic E-state index is 0.0516. The molecule has 0 fully saturated rings. The lowest BCUT2D eigenvalue weighted by molar-refractivity contribution is -0.384. The van der Waals surface area contributed by atoms with E-state index < -0.39 is 17.1 Å². The first-order chi connectivity index (χ1) is 10.6. The Morgan fingerprint density at radius 3 is 2.32 bits per heavy atom. The van der Waals surface area contributed by atoms with Gasteiger partial charge in [-0.3, -0.25) is 15.1 Å². The van der Waals surface area contributed by atoms with Gasteiger partial charge in [-0.05, 0) is 23.3 Å². The molecule has 2 rings (SSSR count). The summed E-state index contributed by atoms with van der Waals surface area (Å²) in [5.41, 5.74) is 1.27. The van der Waals surface area contributed by atoms with Crippen molar-refractivity contribution in [3.05, 3.63) is 75.8 Å². The average molecular weight is 300 g/mol. The van der Waals surface area contributed by atoms with Crippen molar-refractivity contribution in [1.29, 1.82) is 0 Å². The lowest BCUT2D eigenvalue weighted by atomic mass is 10.0. The van der Waals surface area contributed by atoms with Crippen LogP contribution in [0.5, 0.6) is 0 Å². The van der Waals surface area contributed by atoms with Crippen molar-refractivity contribution in [2.75, 3.05) is 6.61 Å². The van der Waals surface area contributed by atoms with Crippen LogP contribution in [0.15, 0.2) is 59.6 Å². The molecular weight excluding hydrogens is 284 g/mol. The Hall–Kier alpha value is -2.57. The minimum Gasteiger partial charge on any atom is -0.394 e. The van der Waals surface area contributed by atoms with E-state index >= 15 is 0 Å². The van der Waals surface area contributed by atoms with Crippen molar-refractivity contribution < 1.29 is 15.1 Å². The maximum atomic E-state index is 10.6. The molecule has 2 N–H and O–H groups in total. The minimum atomic E-state index is -1.04. The first-order valence-corrected chi connectivity index (χ1v) is 6.73. The zero-order valence-electron chi connectivity index (χ0n) is 11.7. The van der Waals surface area contributed by atoms with Crippen LogP contribution in [-0.2, 0) is 0 Å². The standard InChI is InChI=1S/C16H16N2O4/c19-11-15(17-10-12-4-2-1-3-5-12)16(20)13-6-8-14(9-7-13)18(21)22/h1-10,15-16,19-20H,11H2/t15-,16+/m0/s1. The van der Waals surface area contributed by atoms with Crippen LogP contribution < -0.4 is 0 Å². The molecule has 0 spiro atoms. The summed E-state index contributed by atoms with van der Waals surface area (Å²) >= 11 is 0. The molecule has 2 aromatic carbocycles. The Balaban J connectivity index is 2.12. The quantitative estimate of drug-likeness (QED) is 0.485. The number of aliphatic imine (C=N–C) groups is 1. The lowest BCUT2D eigenvalue weighted by Gasteiger charge is -2.17. The Morgan fingerprint density at radius 1 is 1.14 bits per heavy atom. The van der Waals surface area contributed by atoms with E-state index in [4.69, 9.17) is 0 Å². The highest BCUT2D eigenvalue weighted by Crippen LogP contribution is 2.22. The molecule has 0 saturated carbocycles. The van der Waals surface area contributed by atoms with Gasteiger partial charge in [-0.15, -0.1) is 0 Å².